The van der Waals surface area contributed by atoms with E-state index in [1.165, 1.54) is 0 Å². The number of aliphatic carboxylic acids is 1. The van der Waals surface area contributed by atoms with Crippen molar-refractivity contribution >= 4 is 36.3 Å². The van der Waals surface area contributed by atoms with E-state index < -0.39 is 30.2 Å². The van der Waals surface area contributed by atoms with Gasteiger partial charge in [0, 0.05) is 12.4 Å². The Labute approximate surface area is 124 Å². The van der Waals surface area contributed by atoms with E-state index in [0.29, 0.717) is 0 Å². The zero-order valence-corrected chi connectivity index (χ0v) is 12.2. The summed E-state index contributed by atoms with van der Waals surface area (Å²) in [6.07, 6.45) is 0. The predicted octanol–water partition coefficient (Wildman–Crippen LogP) is -3.87. The maximum absolute atomic E-state index is 11.0. The molecule has 0 saturated heterocycles. The molecule has 0 heterocycles. The van der Waals surface area contributed by atoms with Crippen LogP contribution in [0.15, 0.2) is 9.98 Å². The first-order valence-electron chi connectivity index (χ1n) is 4.62. The molecule has 11 heteroatoms. The van der Waals surface area contributed by atoms with Crippen molar-refractivity contribution in [2.24, 2.45) is 9.98 Å². The number of carboxylic acid groups (broad SMARTS) is 1. The van der Waals surface area contributed by atoms with Crippen molar-refractivity contribution in [3.8, 4) is 0 Å². The fraction of sp³-hybridized carbons (Fsp3) is 0.500. The molecule has 9 nitrogen and oxygen atoms in total. The van der Waals surface area contributed by atoms with Gasteiger partial charge in [-0.05, 0) is 0 Å². The molecule has 106 valence electrons. The first-order valence-corrected chi connectivity index (χ1v) is 5.96. The van der Waals surface area contributed by atoms with Gasteiger partial charge in [-0.25, -0.2) is 0 Å². The molecule has 0 saturated carbocycles. The van der Waals surface area contributed by atoms with Crippen LogP contribution in [0.4, 0.5) is 0 Å². The van der Waals surface area contributed by atoms with Crippen LogP contribution in [-0.4, -0.2) is 54.2 Å². The Morgan fingerprint density at radius 3 is 2.32 bits per heavy atom. The average Bonchev–Trinajstić information content (AvgIpc) is 2.42. The van der Waals surface area contributed by atoms with E-state index >= 15 is 0 Å². The first kappa shape index (κ1) is 20.0. The van der Waals surface area contributed by atoms with Gasteiger partial charge in [0.05, 0.1) is 6.54 Å². The van der Waals surface area contributed by atoms with Gasteiger partial charge in [-0.2, -0.15) is 0 Å². The molecule has 0 aliphatic carbocycles. The fourth-order valence-corrected chi connectivity index (χ4v) is 0.774. The first-order chi connectivity index (χ1) is 8.97. The molecule has 19 heavy (non-hydrogen) atoms. The van der Waals surface area contributed by atoms with Gasteiger partial charge in [0.25, 0.3) is 5.91 Å². The number of hydrogen-bond acceptors (Lipinski definition) is 8. The SMILES string of the molecule is O=C(O)CN=C([O-])C(=O)NCCN=C([O-])C[S-].[O]=[99Tc+3]. The second kappa shape index (κ2) is 13.1. The van der Waals surface area contributed by atoms with Crippen molar-refractivity contribution in [3.05, 3.63) is 0 Å². The zero-order chi connectivity index (χ0) is 15.3. The maximum atomic E-state index is 11.0. The van der Waals surface area contributed by atoms with Crippen LogP contribution >= 0.6 is 0 Å². The molecule has 0 spiro atoms. The van der Waals surface area contributed by atoms with E-state index in [4.69, 9.17) is 8.61 Å². The summed E-state index contributed by atoms with van der Waals surface area (Å²) < 4.78 is 8.22. The second-order valence-corrected chi connectivity index (χ2v) is 2.98. The average molecular weight is 375 g/mol. The summed E-state index contributed by atoms with van der Waals surface area (Å²) in [4.78, 5) is 27.5. The number of hydrogen-bond donors (Lipinski definition) is 2. The molecule has 0 aromatic rings. The molecule has 0 atom stereocenters. The molecule has 0 aromatic heterocycles. The molecular formula is C8H10N3O6STc. The van der Waals surface area contributed by atoms with E-state index in [2.05, 4.69) is 27.9 Å². The number of carboxylic acids is 1. The van der Waals surface area contributed by atoms with E-state index in [-0.39, 0.29) is 18.8 Å². The van der Waals surface area contributed by atoms with Crippen molar-refractivity contribution in [1.29, 1.82) is 0 Å². The summed E-state index contributed by atoms with van der Waals surface area (Å²) in [6, 6.07) is 0. The zero-order valence-electron chi connectivity index (χ0n) is 9.50. The van der Waals surface area contributed by atoms with Gasteiger partial charge in [-0.3, -0.25) is 14.6 Å². The molecule has 0 radical (unpaired) electrons. The Bertz CT molecular complexity index is 362. The van der Waals surface area contributed by atoms with Gasteiger partial charge in [0.15, 0.2) is 0 Å². The number of carbonyl (C=O) groups is 2. The summed E-state index contributed by atoms with van der Waals surface area (Å²) in [6.45, 7) is -0.771. The standard InChI is InChI=1S/C8H13N3O5S.O.Tc/c12-5(4-17)9-1-2-10-7(15)8(16)11-3-6(13)14;;/h17H,1-4H2,(H,9,12)(H,10,15)(H,11,16)(H,13,14);;/q;;+3/p-3/i;;1+1. The van der Waals surface area contributed by atoms with Gasteiger partial charge >= 0.3 is 28.3 Å². The molecule has 0 aliphatic rings. The number of rotatable bonds is 6. The molecule has 0 aromatic carbocycles. The van der Waals surface area contributed by atoms with E-state index in [0.717, 1.165) is 18.9 Å². The minimum atomic E-state index is -1.31. The van der Waals surface area contributed by atoms with Crippen LogP contribution in [0.25, 0.3) is 0 Å². The van der Waals surface area contributed by atoms with Crippen molar-refractivity contribution < 1.29 is 47.3 Å². The summed E-state index contributed by atoms with van der Waals surface area (Å²) in [5.41, 5.74) is 0. The van der Waals surface area contributed by atoms with E-state index in [1.54, 1.807) is 0 Å². The number of nitrogens with zero attached hydrogens (tertiary/aromatic N) is 2. The van der Waals surface area contributed by atoms with Crippen LogP contribution < -0.4 is 15.5 Å². The Morgan fingerprint density at radius 2 is 1.84 bits per heavy atom. The number of carbonyl (C=O) groups excluding carboxylic acids is 1. The van der Waals surface area contributed by atoms with E-state index in [9.17, 15) is 19.8 Å². The molecule has 0 fully saturated rings. The van der Waals surface area contributed by atoms with Crippen LogP contribution in [0.1, 0.15) is 0 Å². The van der Waals surface area contributed by atoms with Crippen molar-refractivity contribution in [3.63, 3.8) is 0 Å². The Hall–Kier alpha value is -1.32. The number of nitrogens with one attached hydrogen (secondary N) is 1. The molecule has 0 aliphatic heterocycles. The van der Waals surface area contributed by atoms with Crippen molar-refractivity contribution in [1.82, 2.24) is 5.32 Å². The molecular weight excluding hydrogens is 365 g/mol. The Morgan fingerprint density at radius 1 is 1.26 bits per heavy atom. The number of amides is 1. The van der Waals surface area contributed by atoms with Crippen molar-refractivity contribution in [2.45, 2.75) is 0 Å². The second-order valence-electron chi connectivity index (χ2n) is 2.69. The van der Waals surface area contributed by atoms with Crippen LogP contribution in [0, 0.1) is 0 Å². The monoisotopic (exact) mass is 375 g/mol. The molecule has 0 rings (SSSR count). The molecule has 0 bridgehead atoms. The van der Waals surface area contributed by atoms with Gasteiger partial charge in [-0.15, -0.1) is 5.75 Å². The van der Waals surface area contributed by atoms with Crippen LogP contribution in [0.2, 0.25) is 0 Å². The van der Waals surface area contributed by atoms with Crippen molar-refractivity contribution in [2.75, 3.05) is 25.4 Å². The van der Waals surface area contributed by atoms with Crippen LogP contribution in [0.3, 0.4) is 0 Å². The van der Waals surface area contributed by atoms with Gasteiger partial charge in [0.1, 0.15) is 6.54 Å². The third-order valence-electron chi connectivity index (χ3n) is 1.36. The predicted molar refractivity (Wildman–Crippen MR) is 58.2 cm³/mol. The van der Waals surface area contributed by atoms with Gasteiger partial charge in [-0.1, -0.05) is 5.90 Å². The molecule has 2 N–H and O–H groups in total. The van der Waals surface area contributed by atoms with Crippen LogP contribution in [0.5, 0.6) is 0 Å². The third-order valence-corrected chi connectivity index (χ3v) is 1.61. The Balaban J connectivity index is 0. The summed E-state index contributed by atoms with van der Waals surface area (Å²) in [7, 11) is 0. The van der Waals surface area contributed by atoms with E-state index in [1.807, 2.05) is 0 Å². The van der Waals surface area contributed by atoms with Gasteiger partial charge < -0.3 is 38.3 Å². The fourth-order valence-electron chi connectivity index (χ4n) is 0.683. The summed E-state index contributed by atoms with van der Waals surface area (Å²) in [5, 5.41) is 31.8. The summed E-state index contributed by atoms with van der Waals surface area (Å²) in [5.74, 6) is -4.14. The minimum absolute atomic E-state index is 0.00736. The number of aliphatic imine (C=N–C) groups is 2. The molecule has 0 unspecified atom stereocenters. The molecule has 1 amide bonds. The summed E-state index contributed by atoms with van der Waals surface area (Å²) >= 11 is 5.32. The topological polar surface area (TPSA) is 154 Å². The quantitative estimate of drug-likeness (QED) is 0.208. The normalized spacial score (nSPS) is 11.2. The van der Waals surface area contributed by atoms with Gasteiger partial charge in [0.2, 0.25) is 0 Å². The Kier molecular flexibility index (Phi) is 13.8. The van der Waals surface area contributed by atoms with Crippen LogP contribution in [-0.2, 0) is 44.6 Å². The third kappa shape index (κ3) is 12.9.